The normalized spacial score (nSPS) is 10.1. The van der Waals surface area contributed by atoms with Crippen molar-refractivity contribution >= 4 is 17.9 Å². The molecule has 8 nitrogen and oxygen atoms in total. The van der Waals surface area contributed by atoms with Crippen LogP contribution in [0, 0.1) is 6.92 Å². The van der Waals surface area contributed by atoms with Crippen LogP contribution in [-0.4, -0.2) is 35.0 Å². The zero-order valence-electron chi connectivity index (χ0n) is 13.0. The lowest BCUT2D eigenvalue weighted by atomic mass is 10.3. The largest absolute Gasteiger partial charge is 0.356 e. The van der Waals surface area contributed by atoms with Crippen molar-refractivity contribution in [1.29, 1.82) is 0 Å². The van der Waals surface area contributed by atoms with E-state index in [1.165, 1.54) is 6.07 Å². The van der Waals surface area contributed by atoms with Crippen LogP contribution in [0.4, 0.5) is 10.7 Å². The Morgan fingerprint density at radius 3 is 2.55 bits per heavy atom. The van der Waals surface area contributed by atoms with E-state index in [2.05, 4.69) is 25.9 Å². The second-order valence-corrected chi connectivity index (χ2v) is 4.92. The van der Waals surface area contributed by atoms with Gasteiger partial charge in [0, 0.05) is 31.3 Å². The molecule has 0 radical (unpaired) electrons. The lowest BCUT2D eigenvalue weighted by Gasteiger charge is -2.07. The van der Waals surface area contributed by atoms with Crippen molar-refractivity contribution in [1.82, 2.24) is 20.6 Å². The maximum absolute atomic E-state index is 11.6. The highest BCUT2D eigenvalue weighted by molar-refractivity contribution is 5.87. The summed E-state index contributed by atoms with van der Waals surface area (Å²) in [6.07, 6.45) is 2.91. The van der Waals surface area contributed by atoms with Gasteiger partial charge in [-0.2, -0.15) is 0 Å². The van der Waals surface area contributed by atoms with Gasteiger partial charge in [0.15, 0.2) is 0 Å². The van der Waals surface area contributed by atoms with Crippen molar-refractivity contribution in [2.24, 2.45) is 0 Å². The summed E-state index contributed by atoms with van der Waals surface area (Å²) in [5, 5.41) is 7.93. The number of anilines is 1. The van der Waals surface area contributed by atoms with Gasteiger partial charge in [0.2, 0.25) is 11.9 Å². The molecule has 0 saturated heterocycles. The third kappa shape index (κ3) is 7.41. The zero-order valence-corrected chi connectivity index (χ0v) is 13.0. The maximum atomic E-state index is 11.6. The van der Waals surface area contributed by atoms with Crippen molar-refractivity contribution in [2.45, 2.75) is 39.5 Å². The third-order valence-electron chi connectivity index (χ3n) is 2.79. The molecule has 1 aromatic heterocycles. The van der Waals surface area contributed by atoms with Gasteiger partial charge in [-0.1, -0.05) is 6.92 Å². The number of H-pyrrole nitrogens is 1. The molecule has 0 atom stereocenters. The monoisotopic (exact) mass is 309 g/mol. The molecule has 0 spiro atoms. The third-order valence-corrected chi connectivity index (χ3v) is 2.79. The topological polar surface area (TPSA) is 116 Å². The summed E-state index contributed by atoms with van der Waals surface area (Å²) in [6, 6.07) is 0.916. The van der Waals surface area contributed by atoms with E-state index in [9.17, 15) is 14.4 Å². The number of hydrogen-bond donors (Lipinski definition) is 4. The highest BCUT2D eigenvalue weighted by atomic mass is 16.2. The van der Waals surface area contributed by atoms with E-state index in [-0.39, 0.29) is 17.4 Å². The molecule has 122 valence electrons. The molecule has 22 heavy (non-hydrogen) atoms. The van der Waals surface area contributed by atoms with E-state index in [1.54, 1.807) is 6.92 Å². The summed E-state index contributed by atoms with van der Waals surface area (Å²) in [4.78, 5) is 40.5. The van der Waals surface area contributed by atoms with Gasteiger partial charge in [-0.3, -0.25) is 19.9 Å². The van der Waals surface area contributed by atoms with Gasteiger partial charge in [-0.25, -0.2) is 9.78 Å². The van der Waals surface area contributed by atoms with E-state index in [0.717, 1.165) is 19.3 Å². The van der Waals surface area contributed by atoms with Gasteiger partial charge in [0.05, 0.1) is 0 Å². The average molecular weight is 309 g/mol. The maximum Gasteiger partial charge on any atom is 0.321 e. The number of nitrogens with zero attached hydrogens (tertiary/aromatic N) is 1. The number of urea groups is 1. The molecule has 3 amide bonds. The van der Waals surface area contributed by atoms with Crippen LogP contribution in [0.3, 0.4) is 0 Å². The van der Waals surface area contributed by atoms with Crippen molar-refractivity contribution in [3.63, 3.8) is 0 Å². The molecule has 0 aliphatic rings. The lowest BCUT2D eigenvalue weighted by molar-refractivity contribution is -0.121. The molecule has 0 aliphatic heterocycles. The Balaban J connectivity index is 2.16. The van der Waals surface area contributed by atoms with Crippen LogP contribution in [0.1, 0.15) is 38.3 Å². The molecule has 0 aromatic carbocycles. The second kappa shape index (κ2) is 9.54. The minimum atomic E-state index is -0.427. The van der Waals surface area contributed by atoms with Gasteiger partial charge >= 0.3 is 6.03 Å². The highest BCUT2D eigenvalue weighted by Crippen LogP contribution is 1.95. The Morgan fingerprint density at radius 2 is 1.91 bits per heavy atom. The predicted octanol–water partition coefficient (Wildman–Crippen LogP) is 0.896. The van der Waals surface area contributed by atoms with Gasteiger partial charge in [0.25, 0.3) is 5.56 Å². The first-order chi connectivity index (χ1) is 10.5. The van der Waals surface area contributed by atoms with Crippen LogP contribution in [0.2, 0.25) is 0 Å². The molecule has 1 rings (SSSR count). The van der Waals surface area contributed by atoms with Crippen molar-refractivity contribution in [2.75, 3.05) is 18.4 Å². The minimum absolute atomic E-state index is 0.0580. The molecule has 1 aromatic rings. The summed E-state index contributed by atoms with van der Waals surface area (Å²) < 4.78 is 0. The quantitative estimate of drug-likeness (QED) is 0.534. The predicted molar refractivity (Wildman–Crippen MR) is 83.8 cm³/mol. The Labute approximate surface area is 129 Å². The number of nitrogens with one attached hydrogen (secondary N) is 4. The first kappa shape index (κ1) is 17.7. The number of carbonyl (C=O) groups excluding carboxylic acids is 2. The number of carbonyl (C=O) groups is 2. The van der Waals surface area contributed by atoms with Crippen molar-refractivity contribution in [3.8, 4) is 0 Å². The second-order valence-electron chi connectivity index (χ2n) is 4.92. The number of aryl methyl sites for hydroxylation is 1. The molecule has 1 heterocycles. The van der Waals surface area contributed by atoms with Gasteiger partial charge in [-0.15, -0.1) is 0 Å². The molecule has 0 unspecified atom stereocenters. The SMILES string of the molecule is CCCC(=O)NCCCCNC(=O)Nc1nc(C)cc(=O)[nH]1. The number of aromatic amines is 1. The first-order valence-corrected chi connectivity index (χ1v) is 7.40. The fourth-order valence-corrected chi connectivity index (χ4v) is 1.79. The lowest BCUT2D eigenvalue weighted by Crippen LogP contribution is -2.31. The summed E-state index contributed by atoms with van der Waals surface area (Å²) in [5.41, 5.74) is 0.215. The number of rotatable bonds is 8. The molecule has 4 N–H and O–H groups in total. The van der Waals surface area contributed by atoms with Crippen LogP contribution in [0.5, 0.6) is 0 Å². The number of aromatic nitrogens is 2. The smallest absolute Gasteiger partial charge is 0.321 e. The Kier molecular flexibility index (Phi) is 7.66. The van der Waals surface area contributed by atoms with Crippen LogP contribution < -0.4 is 21.5 Å². The number of unbranched alkanes of at least 4 members (excludes halogenated alkanes) is 1. The Bertz CT molecular complexity index is 556. The summed E-state index contributed by atoms with van der Waals surface area (Å²) in [6.45, 7) is 4.71. The van der Waals surface area contributed by atoms with E-state index in [0.29, 0.717) is 25.2 Å². The highest BCUT2D eigenvalue weighted by Gasteiger charge is 2.04. The van der Waals surface area contributed by atoms with Crippen LogP contribution in [0.25, 0.3) is 0 Å². The molecular formula is C14H23N5O3. The fraction of sp³-hybridized carbons (Fsp3) is 0.571. The average Bonchev–Trinajstić information content (AvgIpc) is 2.41. The van der Waals surface area contributed by atoms with Crippen LogP contribution >= 0.6 is 0 Å². The van der Waals surface area contributed by atoms with Gasteiger partial charge in [-0.05, 0) is 26.2 Å². The molecule has 0 bridgehead atoms. The molecule has 8 heteroatoms. The molecule has 0 aliphatic carbocycles. The number of amides is 3. The fourth-order valence-electron chi connectivity index (χ4n) is 1.79. The van der Waals surface area contributed by atoms with Crippen molar-refractivity contribution < 1.29 is 9.59 Å². The van der Waals surface area contributed by atoms with Crippen LogP contribution in [-0.2, 0) is 4.79 Å². The molecular weight excluding hydrogens is 286 g/mol. The number of hydrogen-bond acceptors (Lipinski definition) is 4. The van der Waals surface area contributed by atoms with Gasteiger partial charge < -0.3 is 10.6 Å². The Morgan fingerprint density at radius 1 is 1.23 bits per heavy atom. The zero-order chi connectivity index (χ0) is 16.4. The first-order valence-electron chi connectivity index (χ1n) is 7.40. The molecule has 0 fully saturated rings. The van der Waals surface area contributed by atoms with Gasteiger partial charge in [0.1, 0.15) is 0 Å². The van der Waals surface area contributed by atoms with E-state index in [4.69, 9.17) is 0 Å². The summed E-state index contributed by atoms with van der Waals surface area (Å²) in [5.74, 6) is 0.178. The van der Waals surface area contributed by atoms with Crippen LogP contribution in [0.15, 0.2) is 10.9 Å². The summed E-state index contributed by atoms with van der Waals surface area (Å²) >= 11 is 0. The minimum Gasteiger partial charge on any atom is -0.356 e. The van der Waals surface area contributed by atoms with E-state index >= 15 is 0 Å². The van der Waals surface area contributed by atoms with E-state index < -0.39 is 6.03 Å². The van der Waals surface area contributed by atoms with E-state index in [1.807, 2.05) is 6.92 Å². The molecule has 0 saturated carbocycles. The summed E-state index contributed by atoms with van der Waals surface area (Å²) in [7, 11) is 0. The Hall–Kier alpha value is -2.38. The standard InChI is InChI=1S/C14H23N5O3/c1-3-6-11(20)15-7-4-5-8-16-14(22)19-13-17-10(2)9-12(21)18-13/h9H,3-8H2,1-2H3,(H,15,20)(H3,16,17,18,19,21,22). The van der Waals surface area contributed by atoms with Crippen molar-refractivity contribution in [3.05, 3.63) is 22.1 Å².